The van der Waals surface area contributed by atoms with Crippen LogP contribution in [0.2, 0.25) is 0 Å². The Bertz CT molecular complexity index is 624. The van der Waals surface area contributed by atoms with Crippen LogP contribution in [0.1, 0.15) is 25.1 Å². The van der Waals surface area contributed by atoms with E-state index in [2.05, 4.69) is 24.3 Å². The standard InChI is InChI=1S/C16H20FN3O/c1-11(2)18-9-14-5-6-19-20(14)10-15-8-12-7-13(17)3-4-16(12)21-15/h3-7,11,15,18H,8-10H2,1-2H3. The summed E-state index contributed by atoms with van der Waals surface area (Å²) in [6, 6.07) is 7.14. The van der Waals surface area contributed by atoms with Crippen molar-refractivity contribution in [3.05, 3.63) is 47.5 Å². The van der Waals surface area contributed by atoms with Crippen LogP contribution >= 0.6 is 0 Å². The molecule has 1 N–H and O–H groups in total. The smallest absolute Gasteiger partial charge is 0.123 e. The maximum atomic E-state index is 13.2. The molecule has 112 valence electrons. The van der Waals surface area contributed by atoms with Crippen molar-refractivity contribution >= 4 is 0 Å². The van der Waals surface area contributed by atoms with E-state index in [9.17, 15) is 4.39 Å². The molecular weight excluding hydrogens is 269 g/mol. The number of ether oxygens (including phenoxy) is 1. The second-order valence-corrected chi connectivity index (χ2v) is 5.74. The van der Waals surface area contributed by atoms with Gasteiger partial charge in [0, 0.05) is 30.8 Å². The van der Waals surface area contributed by atoms with Crippen LogP contribution in [0.25, 0.3) is 0 Å². The van der Waals surface area contributed by atoms with Crippen molar-refractivity contribution in [2.24, 2.45) is 0 Å². The quantitative estimate of drug-likeness (QED) is 0.919. The van der Waals surface area contributed by atoms with Crippen molar-refractivity contribution in [2.45, 2.75) is 45.5 Å². The number of aromatic nitrogens is 2. The number of fused-ring (bicyclic) bond motifs is 1. The fourth-order valence-electron chi connectivity index (χ4n) is 2.57. The molecule has 2 aromatic rings. The van der Waals surface area contributed by atoms with Gasteiger partial charge in [-0.3, -0.25) is 4.68 Å². The lowest BCUT2D eigenvalue weighted by atomic mass is 10.1. The summed E-state index contributed by atoms with van der Waals surface area (Å²) in [5.74, 6) is 0.578. The Kier molecular flexibility index (Phi) is 3.92. The van der Waals surface area contributed by atoms with Crippen LogP contribution in [0.15, 0.2) is 30.5 Å². The average molecular weight is 289 g/mol. The molecule has 4 nitrogen and oxygen atoms in total. The monoisotopic (exact) mass is 289 g/mol. The Morgan fingerprint density at radius 2 is 2.29 bits per heavy atom. The van der Waals surface area contributed by atoms with E-state index in [4.69, 9.17) is 4.74 Å². The van der Waals surface area contributed by atoms with E-state index in [1.54, 1.807) is 18.3 Å². The molecule has 1 aromatic heterocycles. The molecule has 0 saturated carbocycles. The number of nitrogens with one attached hydrogen (secondary N) is 1. The van der Waals surface area contributed by atoms with Crippen LogP contribution in [-0.4, -0.2) is 21.9 Å². The molecule has 2 heterocycles. The molecule has 1 unspecified atom stereocenters. The highest BCUT2D eigenvalue weighted by Crippen LogP contribution is 2.29. The normalized spacial score (nSPS) is 17.0. The largest absolute Gasteiger partial charge is 0.488 e. The zero-order valence-electron chi connectivity index (χ0n) is 12.3. The van der Waals surface area contributed by atoms with E-state index >= 15 is 0 Å². The fraction of sp³-hybridized carbons (Fsp3) is 0.438. The van der Waals surface area contributed by atoms with Gasteiger partial charge in [0.1, 0.15) is 17.7 Å². The molecule has 5 heteroatoms. The van der Waals surface area contributed by atoms with Gasteiger partial charge in [0.2, 0.25) is 0 Å². The highest BCUT2D eigenvalue weighted by Gasteiger charge is 2.24. The molecule has 0 spiro atoms. The van der Waals surface area contributed by atoms with Gasteiger partial charge in [-0.25, -0.2) is 4.39 Å². The summed E-state index contributed by atoms with van der Waals surface area (Å²) in [7, 11) is 0. The van der Waals surface area contributed by atoms with Gasteiger partial charge < -0.3 is 10.1 Å². The van der Waals surface area contributed by atoms with Gasteiger partial charge in [0.15, 0.2) is 0 Å². The highest BCUT2D eigenvalue weighted by atomic mass is 19.1. The summed E-state index contributed by atoms with van der Waals surface area (Å²) in [4.78, 5) is 0. The van der Waals surface area contributed by atoms with Gasteiger partial charge in [-0.2, -0.15) is 5.10 Å². The Morgan fingerprint density at radius 1 is 1.43 bits per heavy atom. The van der Waals surface area contributed by atoms with Crippen molar-refractivity contribution in [1.29, 1.82) is 0 Å². The Morgan fingerprint density at radius 3 is 3.10 bits per heavy atom. The van der Waals surface area contributed by atoms with Gasteiger partial charge in [0.05, 0.1) is 12.2 Å². The zero-order chi connectivity index (χ0) is 14.8. The summed E-state index contributed by atoms with van der Waals surface area (Å²) < 4.78 is 21.1. The van der Waals surface area contributed by atoms with Crippen molar-refractivity contribution in [3.8, 4) is 5.75 Å². The van der Waals surface area contributed by atoms with Crippen LogP contribution in [0.5, 0.6) is 5.75 Å². The van der Waals surface area contributed by atoms with E-state index in [1.807, 2.05) is 10.7 Å². The van der Waals surface area contributed by atoms with E-state index in [1.165, 1.54) is 6.07 Å². The lowest BCUT2D eigenvalue weighted by Crippen LogP contribution is -2.27. The number of rotatable bonds is 5. The Balaban J connectivity index is 1.65. The third kappa shape index (κ3) is 3.24. The second kappa shape index (κ2) is 5.85. The van der Waals surface area contributed by atoms with Crippen molar-refractivity contribution < 1.29 is 9.13 Å². The van der Waals surface area contributed by atoms with Crippen LogP contribution in [0.3, 0.4) is 0 Å². The van der Waals surface area contributed by atoms with Crippen LogP contribution in [0, 0.1) is 5.82 Å². The molecule has 1 aliphatic rings. The number of nitrogens with zero attached hydrogens (tertiary/aromatic N) is 2. The first kappa shape index (κ1) is 14.1. The lowest BCUT2D eigenvalue weighted by molar-refractivity contribution is 0.201. The molecule has 0 aliphatic carbocycles. The first-order chi connectivity index (χ1) is 10.1. The molecule has 0 saturated heterocycles. The third-order valence-corrected chi connectivity index (χ3v) is 3.64. The third-order valence-electron chi connectivity index (χ3n) is 3.64. The maximum Gasteiger partial charge on any atom is 0.123 e. The SMILES string of the molecule is CC(C)NCc1ccnn1CC1Cc2cc(F)ccc2O1. The predicted molar refractivity (Wildman–Crippen MR) is 78.7 cm³/mol. The maximum absolute atomic E-state index is 13.2. The van der Waals surface area contributed by atoms with Crippen molar-refractivity contribution in [1.82, 2.24) is 15.1 Å². The first-order valence-electron chi connectivity index (χ1n) is 7.31. The Hall–Kier alpha value is -1.88. The van der Waals surface area contributed by atoms with E-state index in [0.29, 0.717) is 12.6 Å². The predicted octanol–water partition coefficient (Wildman–Crippen LogP) is 2.52. The molecule has 0 radical (unpaired) electrons. The van der Waals surface area contributed by atoms with Crippen LogP contribution in [0.4, 0.5) is 4.39 Å². The van der Waals surface area contributed by atoms with E-state index < -0.39 is 0 Å². The minimum atomic E-state index is -0.209. The van der Waals surface area contributed by atoms with E-state index in [0.717, 1.165) is 30.0 Å². The first-order valence-corrected chi connectivity index (χ1v) is 7.31. The van der Waals surface area contributed by atoms with Crippen molar-refractivity contribution in [3.63, 3.8) is 0 Å². The molecule has 0 fully saturated rings. The van der Waals surface area contributed by atoms with Gasteiger partial charge in [-0.1, -0.05) is 13.8 Å². The second-order valence-electron chi connectivity index (χ2n) is 5.74. The minimum absolute atomic E-state index is 0.0134. The molecule has 1 aromatic carbocycles. The number of hydrogen-bond donors (Lipinski definition) is 1. The summed E-state index contributed by atoms with van der Waals surface area (Å²) in [6.45, 7) is 5.70. The molecule has 21 heavy (non-hydrogen) atoms. The summed E-state index contributed by atoms with van der Waals surface area (Å²) in [5.41, 5.74) is 2.07. The van der Waals surface area contributed by atoms with Gasteiger partial charge in [-0.15, -0.1) is 0 Å². The average Bonchev–Trinajstić information content (AvgIpc) is 3.02. The summed E-state index contributed by atoms with van der Waals surface area (Å²) in [5, 5.41) is 7.75. The summed E-state index contributed by atoms with van der Waals surface area (Å²) >= 11 is 0. The lowest BCUT2D eigenvalue weighted by Gasteiger charge is -2.14. The number of halogens is 1. The topological polar surface area (TPSA) is 39.1 Å². The molecule has 1 atom stereocenters. The number of benzene rings is 1. The Labute approximate surface area is 123 Å². The molecule has 0 bridgehead atoms. The minimum Gasteiger partial charge on any atom is -0.488 e. The zero-order valence-corrected chi connectivity index (χ0v) is 12.3. The van der Waals surface area contributed by atoms with Gasteiger partial charge in [-0.05, 0) is 24.3 Å². The highest BCUT2D eigenvalue weighted by molar-refractivity contribution is 5.37. The molecule has 3 rings (SSSR count). The summed E-state index contributed by atoms with van der Waals surface area (Å²) in [6.07, 6.45) is 2.54. The fourth-order valence-corrected chi connectivity index (χ4v) is 2.57. The number of hydrogen-bond acceptors (Lipinski definition) is 3. The van der Waals surface area contributed by atoms with Crippen molar-refractivity contribution in [2.75, 3.05) is 0 Å². The van der Waals surface area contributed by atoms with Crippen LogP contribution < -0.4 is 10.1 Å². The molecule has 0 amide bonds. The van der Waals surface area contributed by atoms with E-state index in [-0.39, 0.29) is 11.9 Å². The van der Waals surface area contributed by atoms with Gasteiger partial charge >= 0.3 is 0 Å². The molecule has 1 aliphatic heterocycles. The van der Waals surface area contributed by atoms with Gasteiger partial charge in [0.25, 0.3) is 0 Å². The molecular formula is C16H20FN3O. The van der Waals surface area contributed by atoms with Crippen LogP contribution in [-0.2, 0) is 19.5 Å².